The molecule has 0 aliphatic carbocycles. The molecule has 4 heteroatoms. The fourth-order valence-corrected chi connectivity index (χ4v) is 6.04. The standard InChI is InChI=1S/C42H26N4/c43-27-28-11-13-29(14-12-28)30-15-16-32-22-33(18-17-31(32)21-30)35-23-34-7-1-2-8-37(34)38(24-35)36-25-41(39-9-3-5-19-44-39)46-42(26-36)40-10-4-6-20-45-40/h1-26H. The Bertz CT molecular complexity index is 2350. The third-order valence-electron chi connectivity index (χ3n) is 8.37. The zero-order valence-corrected chi connectivity index (χ0v) is 24.8. The van der Waals surface area contributed by atoms with Crippen LogP contribution in [0.2, 0.25) is 0 Å². The van der Waals surface area contributed by atoms with E-state index in [2.05, 4.69) is 101 Å². The summed E-state index contributed by atoms with van der Waals surface area (Å²) in [5.41, 5.74) is 10.6. The smallest absolute Gasteiger partial charge is 0.0991 e. The molecule has 0 saturated carbocycles. The van der Waals surface area contributed by atoms with E-state index in [0.29, 0.717) is 5.56 Å². The van der Waals surface area contributed by atoms with Gasteiger partial charge in [0, 0.05) is 12.4 Å². The summed E-state index contributed by atoms with van der Waals surface area (Å²) in [7, 11) is 0. The van der Waals surface area contributed by atoms with Crippen molar-refractivity contribution in [2.45, 2.75) is 0 Å². The SMILES string of the molecule is N#Cc1ccc(-c2ccc3cc(-c4cc(-c5cc(-c6ccccn6)nc(-c6ccccn6)c5)c5ccccc5c4)ccc3c2)cc1. The van der Waals surface area contributed by atoms with E-state index in [1.165, 1.54) is 21.5 Å². The molecular weight excluding hydrogens is 560 g/mol. The van der Waals surface area contributed by atoms with Crippen molar-refractivity contribution >= 4 is 21.5 Å². The van der Waals surface area contributed by atoms with Gasteiger partial charge in [-0.25, -0.2) is 4.98 Å². The van der Waals surface area contributed by atoms with Crippen molar-refractivity contribution < 1.29 is 0 Å². The number of benzene rings is 5. The van der Waals surface area contributed by atoms with Gasteiger partial charge in [-0.15, -0.1) is 0 Å². The first kappa shape index (κ1) is 27.1. The molecule has 214 valence electrons. The van der Waals surface area contributed by atoms with Crippen molar-refractivity contribution in [1.82, 2.24) is 15.0 Å². The Labute approximate surface area is 266 Å². The highest BCUT2D eigenvalue weighted by Crippen LogP contribution is 2.38. The summed E-state index contributed by atoms with van der Waals surface area (Å²) in [4.78, 5) is 14.2. The lowest BCUT2D eigenvalue weighted by atomic mass is 9.91. The molecule has 4 nitrogen and oxygen atoms in total. The van der Waals surface area contributed by atoms with Gasteiger partial charge in [0.15, 0.2) is 0 Å². The fraction of sp³-hybridized carbons (Fsp3) is 0. The summed E-state index contributed by atoms with van der Waals surface area (Å²) in [6.07, 6.45) is 3.60. The molecular formula is C42H26N4. The van der Waals surface area contributed by atoms with Crippen LogP contribution < -0.4 is 0 Å². The van der Waals surface area contributed by atoms with E-state index < -0.39 is 0 Å². The van der Waals surface area contributed by atoms with Gasteiger partial charge < -0.3 is 0 Å². The molecule has 0 amide bonds. The van der Waals surface area contributed by atoms with E-state index >= 15 is 0 Å². The molecule has 0 bridgehead atoms. The lowest BCUT2D eigenvalue weighted by Crippen LogP contribution is -1.94. The molecule has 0 aliphatic heterocycles. The highest BCUT2D eigenvalue weighted by molar-refractivity contribution is 6.01. The molecule has 8 rings (SSSR count). The highest BCUT2D eigenvalue weighted by atomic mass is 14.8. The molecule has 3 heterocycles. The Morgan fingerprint density at radius 2 is 0.978 bits per heavy atom. The van der Waals surface area contributed by atoms with Crippen LogP contribution in [-0.2, 0) is 0 Å². The van der Waals surface area contributed by atoms with Gasteiger partial charge in [-0.2, -0.15) is 5.26 Å². The van der Waals surface area contributed by atoms with Crippen LogP contribution in [0, 0.1) is 11.3 Å². The third kappa shape index (κ3) is 5.17. The molecule has 5 aromatic carbocycles. The van der Waals surface area contributed by atoms with Gasteiger partial charge in [-0.05, 0) is 128 Å². The maximum Gasteiger partial charge on any atom is 0.0991 e. The van der Waals surface area contributed by atoms with Gasteiger partial charge in [0.05, 0.1) is 34.4 Å². The van der Waals surface area contributed by atoms with Gasteiger partial charge in [0.1, 0.15) is 0 Å². The minimum Gasteiger partial charge on any atom is -0.255 e. The molecule has 8 aromatic rings. The maximum absolute atomic E-state index is 9.16. The zero-order chi connectivity index (χ0) is 30.9. The van der Waals surface area contributed by atoms with E-state index in [4.69, 9.17) is 10.2 Å². The first-order chi connectivity index (χ1) is 22.7. The largest absolute Gasteiger partial charge is 0.255 e. The first-order valence-electron chi connectivity index (χ1n) is 15.1. The highest BCUT2D eigenvalue weighted by Gasteiger charge is 2.14. The van der Waals surface area contributed by atoms with Crippen LogP contribution in [0.15, 0.2) is 158 Å². The van der Waals surface area contributed by atoms with Gasteiger partial charge in [0.2, 0.25) is 0 Å². The molecule has 0 fully saturated rings. The number of nitriles is 1. The Morgan fingerprint density at radius 1 is 0.413 bits per heavy atom. The van der Waals surface area contributed by atoms with Crippen LogP contribution in [0.3, 0.4) is 0 Å². The van der Waals surface area contributed by atoms with Gasteiger partial charge in [-0.3, -0.25) is 9.97 Å². The van der Waals surface area contributed by atoms with E-state index in [-0.39, 0.29) is 0 Å². The second-order valence-electron chi connectivity index (χ2n) is 11.3. The molecule has 0 atom stereocenters. The average Bonchev–Trinajstić information content (AvgIpc) is 3.14. The second kappa shape index (κ2) is 11.6. The molecule has 0 unspecified atom stereocenters. The van der Waals surface area contributed by atoms with Crippen molar-refractivity contribution in [2.75, 3.05) is 0 Å². The predicted molar refractivity (Wildman–Crippen MR) is 187 cm³/mol. The molecule has 3 aromatic heterocycles. The van der Waals surface area contributed by atoms with Crippen LogP contribution in [0.25, 0.3) is 77.7 Å². The molecule has 0 saturated heterocycles. The van der Waals surface area contributed by atoms with Crippen LogP contribution in [0.1, 0.15) is 5.56 Å². The normalized spacial score (nSPS) is 11.0. The first-order valence-corrected chi connectivity index (χ1v) is 15.1. The van der Waals surface area contributed by atoms with Gasteiger partial charge in [-0.1, -0.05) is 72.8 Å². The van der Waals surface area contributed by atoms with Crippen LogP contribution in [-0.4, -0.2) is 15.0 Å². The van der Waals surface area contributed by atoms with Crippen molar-refractivity contribution in [2.24, 2.45) is 0 Å². The van der Waals surface area contributed by atoms with Crippen molar-refractivity contribution in [3.8, 4) is 62.2 Å². The topological polar surface area (TPSA) is 62.5 Å². The summed E-state index contributed by atoms with van der Waals surface area (Å²) in [5.74, 6) is 0. The second-order valence-corrected chi connectivity index (χ2v) is 11.3. The zero-order valence-electron chi connectivity index (χ0n) is 24.8. The van der Waals surface area contributed by atoms with E-state index in [1.54, 1.807) is 12.4 Å². The van der Waals surface area contributed by atoms with E-state index in [1.807, 2.05) is 60.7 Å². The van der Waals surface area contributed by atoms with Crippen LogP contribution in [0.5, 0.6) is 0 Å². The fourth-order valence-electron chi connectivity index (χ4n) is 6.04. The number of fused-ring (bicyclic) bond motifs is 2. The lowest BCUT2D eigenvalue weighted by molar-refractivity contribution is 1.22. The molecule has 46 heavy (non-hydrogen) atoms. The van der Waals surface area contributed by atoms with Crippen molar-refractivity contribution in [3.63, 3.8) is 0 Å². The number of nitrogens with zero attached hydrogens (tertiary/aromatic N) is 4. The van der Waals surface area contributed by atoms with Gasteiger partial charge in [0.25, 0.3) is 0 Å². The summed E-state index contributed by atoms with van der Waals surface area (Å²) >= 11 is 0. The van der Waals surface area contributed by atoms with E-state index in [0.717, 1.165) is 56.2 Å². The van der Waals surface area contributed by atoms with Gasteiger partial charge >= 0.3 is 0 Å². The van der Waals surface area contributed by atoms with Crippen molar-refractivity contribution in [3.05, 3.63) is 164 Å². The Hall–Kier alpha value is -6.44. The molecule has 0 N–H and O–H groups in total. The van der Waals surface area contributed by atoms with Crippen molar-refractivity contribution in [1.29, 1.82) is 5.26 Å². The minimum absolute atomic E-state index is 0.664. The Kier molecular flexibility index (Phi) is 6.83. The summed E-state index contributed by atoms with van der Waals surface area (Å²) in [6, 6.07) is 52.3. The van der Waals surface area contributed by atoms with Crippen LogP contribution >= 0.6 is 0 Å². The van der Waals surface area contributed by atoms with E-state index in [9.17, 15) is 0 Å². The Balaban J connectivity index is 1.27. The van der Waals surface area contributed by atoms with Crippen LogP contribution in [0.4, 0.5) is 0 Å². The quantitative estimate of drug-likeness (QED) is 0.201. The minimum atomic E-state index is 0.664. The molecule has 0 aliphatic rings. The monoisotopic (exact) mass is 586 g/mol. The number of rotatable bonds is 5. The molecule has 0 spiro atoms. The third-order valence-corrected chi connectivity index (χ3v) is 8.37. The maximum atomic E-state index is 9.16. The number of hydrogen-bond donors (Lipinski definition) is 0. The summed E-state index contributed by atoms with van der Waals surface area (Å²) < 4.78 is 0. The average molecular weight is 587 g/mol. The summed E-state index contributed by atoms with van der Waals surface area (Å²) in [6.45, 7) is 0. The lowest BCUT2D eigenvalue weighted by Gasteiger charge is -2.14. The number of pyridine rings is 3. The number of hydrogen-bond acceptors (Lipinski definition) is 4. The predicted octanol–water partition coefficient (Wildman–Crippen LogP) is 10.4. The molecule has 0 radical (unpaired) electrons. The summed E-state index contributed by atoms with van der Waals surface area (Å²) in [5, 5.41) is 13.8. The number of aromatic nitrogens is 3. The Morgan fingerprint density at radius 3 is 1.59 bits per heavy atom.